The number of anilines is 2. The van der Waals surface area contributed by atoms with E-state index in [-0.39, 0.29) is 0 Å². The minimum absolute atomic E-state index is 0.823. The van der Waals surface area contributed by atoms with Crippen molar-refractivity contribution >= 4 is 22.7 Å². The van der Waals surface area contributed by atoms with Gasteiger partial charge in [0, 0.05) is 24.0 Å². The summed E-state index contributed by atoms with van der Waals surface area (Å²) in [7, 11) is 2.03. The van der Waals surface area contributed by atoms with Crippen molar-refractivity contribution in [3.63, 3.8) is 0 Å². The molecule has 21 heavy (non-hydrogen) atoms. The van der Waals surface area contributed by atoms with E-state index in [1.165, 1.54) is 11.3 Å². The Labute approximate surface area is 128 Å². The van der Waals surface area contributed by atoms with E-state index < -0.39 is 11.2 Å². The minimum Gasteiger partial charge on any atom is -0.612 e. The van der Waals surface area contributed by atoms with E-state index >= 15 is 0 Å². The number of rotatable bonds is 3. The van der Waals surface area contributed by atoms with E-state index in [0.717, 1.165) is 41.5 Å². The molecule has 0 amide bonds. The van der Waals surface area contributed by atoms with E-state index in [1.807, 2.05) is 38.2 Å². The summed E-state index contributed by atoms with van der Waals surface area (Å²) >= 11 is -0.942. The van der Waals surface area contributed by atoms with Crippen LogP contribution in [0.2, 0.25) is 0 Å². The van der Waals surface area contributed by atoms with Crippen LogP contribution >= 0.6 is 0 Å². The predicted octanol–water partition coefficient (Wildman–Crippen LogP) is 2.78. The second kappa shape index (κ2) is 5.66. The molecular weight excluding hydrogens is 282 g/mol. The Morgan fingerprint density at radius 2 is 1.86 bits per heavy atom. The molecule has 0 saturated heterocycles. The SMILES string of the molecule is Cc1nc2c(c(N(C)c3ccc([S+](C)[O-])cc3)n1)CCC2. The molecule has 1 aromatic heterocycles. The van der Waals surface area contributed by atoms with Crippen molar-refractivity contribution in [2.24, 2.45) is 0 Å². The van der Waals surface area contributed by atoms with E-state index in [1.54, 1.807) is 6.26 Å². The van der Waals surface area contributed by atoms with Gasteiger partial charge in [0.05, 0.1) is 0 Å². The molecule has 1 atom stereocenters. The molecule has 2 aromatic rings. The maximum atomic E-state index is 11.5. The second-order valence-electron chi connectivity index (χ2n) is 5.38. The summed E-state index contributed by atoms with van der Waals surface area (Å²) in [4.78, 5) is 12.1. The highest BCUT2D eigenvalue weighted by molar-refractivity contribution is 7.90. The van der Waals surface area contributed by atoms with Gasteiger partial charge in [-0.15, -0.1) is 0 Å². The van der Waals surface area contributed by atoms with Gasteiger partial charge in [0.2, 0.25) is 0 Å². The number of fused-ring (bicyclic) bond motifs is 1. The zero-order valence-corrected chi connectivity index (χ0v) is 13.4. The molecule has 0 N–H and O–H groups in total. The van der Waals surface area contributed by atoms with Crippen LogP contribution in [0.15, 0.2) is 29.2 Å². The maximum Gasteiger partial charge on any atom is 0.152 e. The number of aryl methyl sites for hydroxylation is 2. The summed E-state index contributed by atoms with van der Waals surface area (Å²) in [5.74, 6) is 1.82. The van der Waals surface area contributed by atoms with Crippen molar-refractivity contribution in [2.45, 2.75) is 31.1 Å². The Hall–Kier alpha value is -1.59. The fourth-order valence-corrected chi connectivity index (χ4v) is 3.31. The first kappa shape index (κ1) is 14.4. The van der Waals surface area contributed by atoms with Crippen LogP contribution in [0.5, 0.6) is 0 Å². The monoisotopic (exact) mass is 301 g/mol. The highest BCUT2D eigenvalue weighted by Crippen LogP contribution is 2.32. The summed E-state index contributed by atoms with van der Waals surface area (Å²) < 4.78 is 11.5. The van der Waals surface area contributed by atoms with Gasteiger partial charge >= 0.3 is 0 Å². The highest BCUT2D eigenvalue weighted by Gasteiger charge is 2.21. The fourth-order valence-electron chi connectivity index (χ4n) is 2.79. The second-order valence-corrected chi connectivity index (χ2v) is 6.76. The van der Waals surface area contributed by atoms with E-state index in [2.05, 4.69) is 14.9 Å². The Kier molecular flexibility index (Phi) is 3.87. The third-order valence-corrected chi connectivity index (χ3v) is 4.83. The lowest BCUT2D eigenvalue weighted by atomic mass is 10.2. The molecule has 4 nitrogen and oxygen atoms in total. The molecule has 0 aliphatic heterocycles. The topological polar surface area (TPSA) is 52.1 Å². The molecule has 3 rings (SSSR count). The largest absolute Gasteiger partial charge is 0.612 e. The van der Waals surface area contributed by atoms with Crippen LogP contribution in [0.25, 0.3) is 0 Å². The fraction of sp³-hybridized carbons (Fsp3) is 0.375. The number of benzene rings is 1. The molecule has 1 aromatic carbocycles. The smallest absolute Gasteiger partial charge is 0.152 e. The van der Waals surface area contributed by atoms with Gasteiger partial charge in [-0.3, -0.25) is 0 Å². The van der Waals surface area contributed by atoms with Crippen LogP contribution < -0.4 is 4.90 Å². The summed E-state index contributed by atoms with van der Waals surface area (Å²) in [5, 5.41) is 0. The van der Waals surface area contributed by atoms with Gasteiger partial charge in [0.25, 0.3) is 0 Å². The highest BCUT2D eigenvalue weighted by atomic mass is 32.2. The van der Waals surface area contributed by atoms with Crippen LogP contribution in [0.4, 0.5) is 11.5 Å². The minimum atomic E-state index is -0.942. The van der Waals surface area contributed by atoms with Gasteiger partial charge in [-0.25, -0.2) is 9.97 Å². The van der Waals surface area contributed by atoms with Crippen molar-refractivity contribution in [2.75, 3.05) is 18.2 Å². The van der Waals surface area contributed by atoms with E-state index in [0.29, 0.717) is 0 Å². The third kappa shape index (κ3) is 2.76. The first-order valence-electron chi connectivity index (χ1n) is 7.10. The molecule has 0 saturated carbocycles. The van der Waals surface area contributed by atoms with Gasteiger partial charge in [-0.2, -0.15) is 0 Å². The van der Waals surface area contributed by atoms with Crippen molar-refractivity contribution in [3.8, 4) is 0 Å². The predicted molar refractivity (Wildman–Crippen MR) is 85.6 cm³/mol. The lowest BCUT2D eigenvalue weighted by Crippen LogP contribution is -2.15. The number of hydrogen-bond donors (Lipinski definition) is 0. The van der Waals surface area contributed by atoms with Crippen LogP contribution in [-0.4, -0.2) is 27.8 Å². The van der Waals surface area contributed by atoms with Crippen molar-refractivity contribution < 1.29 is 4.55 Å². The lowest BCUT2D eigenvalue weighted by molar-refractivity contribution is 0.601. The van der Waals surface area contributed by atoms with Gasteiger partial charge in [-0.1, -0.05) is 0 Å². The normalized spacial score (nSPS) is 14.9. The van der Waals surface area contributed by atoms with Crippen LogP contribution in [0.3, 0.4) is 0 Å². The quantitative estimate of drug-likeness (QED) is 0.818. The third-order valence-electron chi connectivity index (χ3n) is 3.90. The zero-order chi connectivity index (χ0) is 15.0. The molecular formula is C16H19N3OS. The Morgan fingerprint density at radius 1 is 1.14 bits per heavy atom. The standard InChI is InChI=1S/C16H19N3OS/c1-11-17-15-6-4-5-14(15)16(18-11)19(2)12-7-9-13(10-8-12)21(3)20/h7-10H,4-6H2,1-3H3. The Bertz CT molecular complexity index is 655. The molecule has 5 heteroatoms. The Balaban J connectivity index is 1.97. The van der Waals surface area contributed by atoms with Crippen molar-refractivity contribution in [1.29, 1.82) is 0 Å². The summed E-state index contributed by atoms with van der Waals surface area (Å²) in [5.41, 5.74) is 3.51. The van der Waals surface area contributed by atoms with Gasteiger partial charge < -0.3 is 9.45 Å². The van der Waals surface area contributed by atoms with E-state index in [4.69, 9.17) is 0 Å². The number of hydrogen-bond acceptors (Lipinski definition) is 4. The number of aromatic nitrogens is 2. The summed E-state index contributed by atoms with van der Waals surface area (Å²) in [6.07, 6.45) is 4.95. The van der Waals surface area contributed by atoms with Crippen molar-refractivity contribution in [1.82, 2.24) is 9.97 Å². The number of nitrogens with zero attached hydrogens (tertiary/aromatic N) is 3. The molecule has 0 spiro atoms. The molecule has 1 heterocycles. The van der Waals surface area contributed by atoms with Crippen LogP contribution in [-0.2, 0) is 24.0 Å². The first-order valence-corrected chi connectivity index (χ1v) is 8.65. The molecule has 110 valence electrons. The molecule has 1 aliphatic carbocycles. The van der Waals surface area contributed by atoms with Crippen molar-refractivity contribution in [3.05, 3.63) is 41.3 Å². The van der Waals surface area contributed by atoms with Gasteiger partial charge in [-0.05, 0) is 61.6 Å². The molecule has 0 radical (unpaired) electrons. The molecule has 1 aliphatic rings. The average Bonchev–Trinajstić information content (AvgIpc) is 2.93. The van der Waals surface area contributed by atoms with Gasteiger partial charge in [0.15, 0.2) is 4.90 Å². The Morgan fingerprint density at radius 3 is 2.52 bits per heavy atom. The zero-order valence-electron chi connectivity index (χ0n) is 12.6. The maximum absolute atomic E-state index is 11.5. The first-order chi connectivity index (χ1) is 10.1. The molecule has 1 unspecified atom stereocenters. The van der Waals surface area contributed by atoms with Gasteiger partial charge in [0.1, 0.15) is 17.9 Å². The summed E-state index contributed by atoms with van der Waals surface area (Å²) in [6.45, 7) is 1.94. The van der Waals surface area contributed by atoms with Crippen LogP contribution in [0, 0.1) is 6.92 Å². The van der Waals surface area contributed by atoms with E-state index in [9.17, 15) is 4.55 Å². The lowest BCUT2D eigenvalue weighted by Gasteiger charge is -2.21. The molecule has 0 fully saturated rings. The average molecular weight is 301 g/mol. The van der Waals surface area contributed by atoms with Crippen LogP contribution in [0.1, 0.15) is 23.5 Å². The molecule has 0 bridgehead atoms. The summed E-state index contributed by atoms with van der Waals surface area (Å²) in [6, 6.07) is 7.82.